The van der Waals surface area contributed by atoms with Gasteiger partial charge in [-0.3, -0.25) is 4.68 Å². The number of benzene rings is 2. The van der Waals surface area contributed by atoms with E-state index in [1.165, 1.54) is 12.3 Å². The molecular formula is C21H16FN5O. The molecule has 0 amide bonds. The van der Waals surface area contributed by atoms with Gasteiger partial charge in [-0.25, -0.2) is 9.67 Å². The summed E-state index contributed by atoms with van der Waals surface area (Å²) in [4.78, 5) is 3.77. The minimum Gasteiger partial charge on any atom is -0.494 e. The van der Waals surface area contributed by atoms with Gasteiger partial charge < -0.3 is 4.74 Å². The van der Waals surface area contributed by atoms with Crippen LogP contribution in [-0.2, 0) is 7.05 Å². The van der Waals surface area contributed by atoms with Crippen molar-refractivity contribution >= 4 is 21.8 Å². The Hall–Kier alpha value is -3.74. The normalized spacial score (nSPS) is 11.4. The molecule has 0 saturated heterocycles. The van der Waals surface area contributed by atoms with Gasteiger partial charge in [0.2, 0.25) is 5.95 Å². The van der Waals surface area contributed by atoms with Crippen molar-refractivity contribution in [3.63, 3.8) is 0 Å². The molecule has 0 saturated carbocycles. The van der Waals surface area contributed by atoms with Crippen LogP contribution in [-0.4, -0.2) is 31.7 Å². The molecule has 2 aromatic carbocycles. The van der Waals surface area contributed by atoms with Crippen molar-refractivity contribution in [3.05, 3.63) is 66.9 Å². The number of pyridine rings is 1. The molecule has 3 heterocycles. The van der Waals surface area contributed by atoms with Crippen LogP contribution >= 0.6 is 0 Å². The van der Waals surface area contributed by atoms with Crippen LogP contribution in [0.4, 0.5) is 4.39 Å². The summed E-state index contributed by atoms with van der Waals surface area (Å²) in [5.41, 5.74) is 4.12. The average Bonchev–Trinajstić information content (AvgIpc) is 3.28. The zero-order valence-electron chi connectivity index (χ0n) is 15.3. The summed E-state index contributed by atoms with van der Waals surface area (Å²) in [5.74, 6) is 0.145. The Morgan fingerprint density at radius 2 is 1.82 bits per heavy atom. The molecule has 0 aliphatic heterocycles. The first-order valence-electron chi connectivity index (χ1n) is 8.76. The molecule has 7 heteroatoms. The Bertz CT molecular complexity index is 1320. The molecule has 0 aliphatic carbocycles. The fourth-order valence-electron chi connectivity index (χ4n) is 3.55. The summed E-state index contributed by atoms with van der Waals surface area (Å²) < 4.78 is 22.4. The highest BCUT2D eigenvalue weighted by atomic mass is 19.1. The van der Waals surface area contributed by atoms with Crippen LogP contribution in [0.15, 0.2) is 60.9 Å². The molecule has 0 N–H and O–H groups in total. The van der Waals surface area contributed by atoms with Gasteiger partial charge in [0.15, 0.2) is 0 Å². The molecule has 5 aromatic rings. The lowest BCUT2D eigenvalue weighted by Crippen LogP contribution is -1.99. The van der Waals surface area contributed by atoms with Crippen molar-refractivity contribution in [1.29, 1.82) is 0 Å². The Balaban J connectivity index is 1.86. The SMILES string of the molecule is COc1cccc2c(-c3cccc4nn(C)cc34)nn(-c3ccc(F)nc3)c12. The zero-order valence-corrected chi connectivity index (χ0v) is 15.3. The van der Waals surface area contributed by atoms with Gasteiger partial charge in [0.05, 0.1) is 24.5 Å². The highest BCUT2D eigenvalue weighted by Crippen LogP contribution is 2.37. The van der Waals surface area contributed by atoms with E-state index in [2.05, 4.69) is 10.1 Å². The van der Waals surface area contributed by atoms with Crippen LogP contribution in [0.3, 0.4) is 0 Å². The van der Waals surface area contributed by atoms with E-state index in [0.29, 0.717) is 11.4 Å². The van der Waals surface area contributed by atoms with Crippen LogP contribution in [0.2, 0.25) is 0 Å². The molecule has 0 unspecified atom stereocenters. The fraction of sp³-hybridized carbons (Fsp3) is 0.0952. The van der Waals surface area contributed by atoms with Crippen LogP contribution in [0.25, 0.3) is 38.8 Å². The minimum absolute atomic E-state index is 0.535. The minimum atomic E-state index is -0.535. The quantitative estimate of drug-likeness (QED) is 0.447. The van der Waals surface area contributed by atoms with E-state index in [-0.39, 0.29) is 0 Å². The summed E-state index contributed by atoms with van der Waals surface area (Å²) in [7, 11) is 3.52. The van der Waals surface area contributed by atoms with Gasteiger partial charge >= 0.3 is 0 Å². The second kappa shape index (κ2) is 6.16. The van der Waals surface area contributed by atoms with Gasteiger partial charge in [0.1, 0.15) is 17.0 Å². The monoisotopic (exact) mass is 373 g/mol. The largest absolute Gasteiger partial charge is 0.494 e. The molecule has 6 nitrogen and oxygen atoms in total. The lowest BCUT2D eigenvalue weighted by atomic mass is 10.0. The first-order valence-corrected chi connectivity index (χ1v) is 8.76. The number of hydrogen-bond donors (Lipinski definition) is 0. The van der Waals surface area contributed by atoms with Gasteiger partial charge in [-0.05, 0) is 24.3 Å². The number of hydrogen-bond acceptors (Lipinski definition) is 4. The molecule has 28 heavy (non-hydrogen) atoms. The van der Waals surface area contributed by atoms with Crippen LogP contribution < -0.4 is 4.74 Å². The third-order valence-corrected chi connectivity index (χ3v) is 4.76. The van der Waals surface area contributed by atoms with Gasteiger partial charge in [-0.1, -0.05) is 24.3 Å². The maximum absolute atomic E-state index is 13.3. The van der Waals surface area contributed by atoms with Crippen molar-refractivity contribution in [3.8, 4) is 22.7 Å². The van der Waals surface area contributed by atoms with Gasteiger partial charge in [0, 0.05) is 29.6 Å². The molecule has 0 spiro atoms. The van der Waals surface area contributed by atoms with E-state index >= 15 is 0 Å². The number of nitrogens with zero attached hydrogens (tertiary/aromatic N) is 5. The standard InChI is InChI=1S/C21H16FN5O/c1-26-12-16-14(5-3-7-17(16)24-26)20-15-6-4-8-18(28-2)21(15)27(25-20)13-9-10-19(22)23-11-13/h3-12H,1-2H3. The average molecular weight is 373 g/mol. The number of para-hydroxylation sites is 1. The Labute approximate surface area is 159 Å². The van der Waals surface area contributed by atoms with Crippen molar-refractivity contribution in [2.24, 2.45) is 7.05 Å². The van der Waals surface area contributed by atoms with Crippen molar-refractivity contribution < 1.29 is 9.13 Å². The fourth-order valence-corrected chi connectivity index (χ4v) is 3.55. The number of rotatable bonds is 3. The van der Waals surface area contributed by atoms with Gasteiger partial charge in [-0.15, -0.1) is 0 Å². The van der Waals surface area contributed by atoms with Crippen LogP contribution in [0.5, 0.6) is 5.75 Å². The lowest BCUT2D eigenvalue weighted by Gasteiger charge is -2.06. The molecule has 0 aliphatic rings. The predicted molar refractivity (Wildman–Crippen MR) is 105 cm³/mol. The number of aromatic nitrogens is 5. The first-order chi connectivity index (χ1) is 13.7. The molecule has 0 atom stereocenters. The highest BCUT2D eigenvalue weighted by Gasteiger charge is 2.19. The predicted octanol–water partition coefficient (Wildman–Crippen LogP) is 4.12. The molecule has 0 fully saturated rings. The number of halogens is 1. The smallest absolute Gasteiger partial charge is 0.212 e. The maximum atomic E-state index is 13.3. The second-order valence-electron chi connectivity index (χ2n) is 6.50. The van der Waals surface area contributed by atoms with Crippen molar-refractivity contribution in [1.82, 2.24) is 24.5 Å². The summed E-state index contributed by atoms with van der Waals surface area (Å²) in [6, 6.07) is 14.8. The van der Waals surface area contributed by atoms with E-state index < -0.39 is 5.95 Å². The molecular weight excluding hydrogens is 357 g/mol. The van der Waals surface area contributed by atoms with E-state index in [1.54, 1.807) is 22.5 Å². The highest BCUT2D eigenvalue weighted by molar-refractivity contribution is 6.04. The Kier molecular flexibility index (Phi) is 3.61. The summed E-state index contributed by atoms with van der Waals surface area (Å²) in [6.45, 7) is 0. The van der Waals surface area contributed by atoms with Crippen molar-refractivity contribution in [2.75, 3.05) is 7.11 Å². The van der Waals surface area contributed by atoms with Crippen molar-refractivity contribution in [2.45, 2.75) is 0 Å². The molecule has 138 valence electrons. The molecule has 5 rings (SSSR count). The van der Waals surface area contributed by atoms with Gasteiger partial charge in [0.25, 0.3) is 0 Å². The molecule has 0 bridgehead atoms. The summed E-state index contributed by atoms with van der Waals surface area (Å²) in [5, 5.41) is 11.3. The summed E-state index contributed by atoms with van der Waals surface area (Å²) in [6.07, 6.45) is 3.44. The number of methoxy groups -OCH3 is 1. The Morgan fingerprint density at radius 3 is 2.61 bits per heavy atom. The zero-order chi connectivity index (χ0) is 19.3. The number of aryl methyl sites for hydroxylation is 1. The molecule has 0 radical (unpaired) electrons. The number of fused-ring (bicyclic) bond motifs is 2. The van der Waals surface area contributed by atoms with E-state index in [0.717, 1.165) is 33.1 Å². The van der Waals surface area contributed by atoms with E-state index in [1.807, 2.05) is 49.6 Å². The van der Waals surface area contributed by atoms with E-state index in [9.17, 15) is 4.39 Å². The van der Waals surface area contributed by atoms with E-state index in [4.69, 9.17) is 9.84 Å². The first kappa shape index (κ1) is 16.4. The lowest BCUT2D eigenvalue weighted by molar-refractivity contribution is 0.418. The van der Waals surface area contributed by atoms with Crippen LogP contribution in [0.1, 0.15) is 0 Å². The Morgan fingerprint density at radius 1 is 0.964 bits per heavy atom. The summed E-state index contributed by atoms with van der Waals surface area (Å²) >= 11 is 0. The second-order valence-corrected chi connectivity index (χ2v) is 6.50. The molecule has 3 aromatic heterocycles. The third-order valence-electron chi connectivity index (χ3n) is 4.76. The maximum Gasteiger partial charge on any atom is 0.212 e. The van der Waals surface area contributed by atoms with Crippen LogP contribution in [0, 0.1) is 5.95 Å². The number of ether oxygens (including phenoxy) is 1. The topological polar surface area (TPSA) is 57.8 Å². The third kappa shape index (κ3) is 2.44. The van der Waals surface area contributed by atoms with Gasteiger partial charge in [-0.2, -0.15) is 14.6 Å².